The van der Waals surface area contributed by atoms with Crippen LogP contribution in [0.15, 0.2) is 30.3 Å². The van der Waals surface area contributed by atoms with Crippen molar-refractivity contribution in [1.82, 2.24) is 0 Å². The summed E-state index contributed by atoms with van der Waals surface area (Å²) in [5.41, 5.74) is -1.24. The molecular weight excluding hydrogens is 428 g/mol. The van der Waals surface area contributed by atoms with Crippen molar-refractivity contribution < 1.29 is 54.8 Å². The fourth-order valence-corrected chi connectivity index (χ4v) is 3.43. The van der Waals surface area contributed by atoms with Gasteiger partial charge in [-0.25, -0.2) is 4.79 Å². The standard InChI is InChI=1S/C21H22O11/c1-8-5-11(24)15(17(26)14-9(20(29)30)3-2-4-10(14)23)12(6-8)31-21-19(28)18(27)16(25)13(7-22)32-21/h2-6,13,16,18-19,21-25,27-28H,7H2,1H3,(H,29,30)/t13-,16-,18+,19-,21-/m1/s1. The Hall–Kier alpha value is -3.22. The van der Waals surface area contributed by atoms with Gasteiger partial charge in [-0.3, -0.25) is 4.79 Å². The molecule has 2 aromatic rings. The lowest BCUT2D eigenvalue weighted by Gasteiger charge is -2.39. The molecule has 0 saturated carbocycles. The van der Waals surface area contributed by atoms with Crippen LogP contribution in [-0.4, -0.2) is 84.8 Å². The number of benzene rings is 2. The highest BCUT2D eigenvalue weighted by Gasteiger charge is 2.45. The van der Waals surface area contributed by atoms with Crippen molar-refractivity contribution in [3.63, 3.8) is 0 Å². The predicted octanol–water partition coefficient (Wildman–Crippen LogP) is -0.486. The third-order valence-electron chi connectivity index (χ3n) is 5.04. The zero-order valence-electron chi connectivity index (χ0n) is 16.7. The van der Waals surface area contributed by atoms with E-state index in [1.807, 2.05) is 0 Å². The molecular formula is C21H22O11. The fraction of sp³-hybridized carbons (Fsp3) is 0.333. The molecule has 32 heavy (non-hydrogen) atoms. The van der Waals surface area contributed by atoms with Gasteiger partial charge in [-0.2, -0.15) is 0 Å². The van der Waals surface area contributed by atoms with E-state index >= 15 is 0 Å². The molecule has 172 valence electrons. The summed E-state index contributed by atoms with van der Waals surface area (Å²) in [6.07, 6.45) is -8.13. The third-order valence-corrected chi connectivity index (χ3v) is 5.04. The largest absolute Gasteiger partial charge is 0.507 e. The monoisotopic (exact) mass is 450 g/mol. The number of aromatic hydroxyl groups is 2. The quantitative estimate of drug-likeness (QED) is 0.281. The maximum absolute atomic E-state index is 13.2. The summed E-state index contributed by atoms with van der Waals surface area (Å²) in [6.45, 7) is 0.840. The Bertz CT molecular complexity index is 1030. The van der Waals surface area contributed by atoms with Crippen LogP contribution in [0.2, 0.25) is 0 Å². The average molecular weight is 450 g/mol. The highest BCUT2D eigenvalue weighted by molar-refractivity contribution is 6.18. The average Bonchev–Trinajstić information content (AvgIpc) is 2.73. The summed E-state index contributed by atoms with van der Waals surface area (Å²) in [5.74, 6) is -4.18. The highest BCUT2D eigenvalue weighted by atomic mass is 16.7. The van der Waals surface area contributed by atoms with Gasteiger partial charge in [0.25, 0.3) is 0 Å². The minimum Gasteiger partial charge on any atom is -0.507 e. The van der Waals surface area contributed by atoms with Crippen LogP contribution in [-0.2, 0) is 4.74 Å². The number of aryl methyl sites for hydroxylation is 1. The van der Waals surface area contributed by atoms with Gasteiger partial charge in [-0.15, -0.1) is 0 Å². The Balaban J connectivity index is 2.08. The summed E-state index contributed by atoms with van der Waals surface area (Å²) in [6, 6.07) is 5.92. The number of hydrogen-bond donors (Lipinski definition) is 7. The lowest BCUT2D eigenvalue weighted by molar-refractivity contribution is -0.277. The van der Waals surface area contributed by atoms with E-state index in [4.69, 9.17) is 9.47 Å². The molecule has 3 rings (SSSR count). The molecule has 11 heteroatoms. The van der Waals surface area contributed by atoms with Gasteiger partial charge in [0, 0.05) is 0 Å². The van der Waals surface area contributed by atoms with E-state index in [2.05, 4.69) is 0 Å². The molecule has 5 atom stereocenters. The minimum absolute atomic E-state index is 0.351. The molecule has 1 heterocycles. The molecule has 0 radical (unpaired) electrons. The Morgan fingerprint density at radius 3 is 2.31 bits per heavy atom. The first-order valence-electron chi connectivity index (χ1n) is 9.47. The van der Waals surface area contributed by atoms with Gasteiger partial charge in [0.1, 0.15) is 47.2 Å². The van der Waals surface area contributed by atoms with Crippen molar-refractivity contribution in [3.05, 3.63) is 52.6 Å². The molecule has 0 aliphatic carbocycles. The molecule has 0 bridgehead atoms. The van der Waals surface area contributed by atoms with E-state index < -0.39 is 77.3 Å². The number of aromatic carboxylic acids is 1. The van der Waals surface area contributed by atoms with Crippen molar-refractivity contribution in [3.8, 4) is 17.2 Å². The number of phenolic OH excluding ortho intramolecular Hbond substituents is 2. The molecule has 1 aliphatic rings. The van der Waals surface area contributed by atoms with E-state index in [1.54, 1.807) is 6.92 Å². The van der Waals surface area contributed by atoms with E-state index in [1.165, 1.54) is 18.2 Å². The van der Waals surface area contributed by atoms with E-state index in [0.717, 1.165) is 12.1 Å². The van der Waals surface area contributed by atoms with Gasteiger partial charge in [0.05, 0.1) is 17.7 Å². The molecule has 0 unspecified atom stereocenters. The van der Waals surface area contributed by atoms with Crippen LogP contribution >= 0.6 is 0 Å². The first-order valence-corrected chi connectivity index (χ1v) is 9.47. The van der Waals surface area contributed by atoms with Gasteiger partial charge >= 0.3 is 5.97 Å². The number of rotatable bonds is 6. The van der Waals surface area contributed by atoms with Gasteiger partial charge in [0.2, 0.25) is 12.1 Å². The van der Waals surface area contributed by atoms with Gasteiger partial charge < -0.3 is 45.2 Å². The molecule has 0 spiro atoms. The van der Waals surface area contributed by atoms with Crippen molar-refractivity contribution in [2.45, 2.75) is 37.6 Å². The van der Waals surface area contributed by atoms with Crippen LogP contribution in [0.25, 0.3) is 0 Å². The number of ketones is 1. The number of carboxylic acid groups (broad SMARTS) is 1. The predicted molar refractivity (Wildman–Crippen MR) is 106 cm³/mol. The minimum atomic E-state index is -1.79. The van der Waals surface area contributed by atoms with Crippen molar-refractivity contribution in [2.75, 3.05) is 6.61 Å². The van der Waals surface area contributed by atoms with Crippen molar-refractivity contribution >= 4 is 11.8 Å². The summed E-state index contributed by atoms with van der Waals surface area (Å²) in [5, 5.41) is 69.4. The number of ether oxygens (including phenoxy) is 2. The first kappa shape index (κ1) is 23.4. The zero-order valence-corrected chi connectivity index (χ0v) is 16.7. The molecule has 1 fully saturated rings. The molecule has 0 aromatic heterocycles. The van der Waals surface area contributed by atoms with Crippen LogP contribution in [0.3, 0.4) is 0 Å². The molecule has 1 aliphatic heterocycles. The molecule has 2 aromatic carbocycles. The molecule has 7 N–H and O–H groups in total. The van der Waals surface area contributed by atoms with E-state index in [-0.39, 0.29) is 5.75 Å². The van der Waals surface area contributed by atoms with Gasteiger partial charge in [-0.1, -0.05) is 6.07 Å². The number of phenols is 2. The summed E-state index contributed by atoms with van der Waals surface area (Å²) in [4.78, 5) is 24.8. The van der Waals surface area contributed by atoms with E-state index in [9.17, 15) is 45.3 Å². The van der Waals surface area contributed by atoms with E-state index in [0.29, 0.717) is 5.56 Å². The fourth-order valence-electron chi connectivity index (χ4n) is 3.43. The number of aliphatic hydroxyl groups is 4. The number of carboxylic acids is 1. The summed E-state index contributed by atoms with van der Waals surface area (Å²) < 4.78 is 10.8. The number of hydrogen-bond acceptors (Lipinski definition) is 10. The maximum atomic E-state index is 13.2. The zero-order chi connectivity index (χ0) is 23.7. The first-order chi connectivity index (χ1) is 15.1. The lowest BCUT2D eigenvalue weighted by atomic mass is 9.95. The molecule has 11 nitrogen and oxygen atoms in total. The Morgan fingerprint density at radius 1 is 1.00 bits per heavy atom. The van der Waals surface area contributed by atoms with Crippen molar-refractivity contribution in [1.29, 1.82) is 0 Å². The second-order valence-electron chi connectivity index (χ2n) is 7.31. The second kappa shape index (κ2) is 9.10. The lowest BCUT2D eigenvalue weighted by Crippen LogP contribution is -2.60. The van der Waals surface area contributed by atoms with Crippen LogP contribution in [0.4, 0.5) is 0 Å². The van der Waals surface area contributed by atoms with Crippen LogP contribution in [0.1, 0.15) is 31.8 Å². The smallest absolute Gasteiger partial charge is 0.336 e. The second-order valence-corrected chi connectivity index (χ2v) is 7.31. The number of carbonyl (C=O) groups excluding carboxylic acids is 1. The number of aliphatic hydroxyl groups excluding tert-OH is 4. The summed E-state index contributed by atoms with van der Waals surface area (Å²) in [7, 11) is 0. The molecule has 0 amide bonds. The maximum Gasteiger partial charge on any atom is 0.336 e. The van der Waals surface area contributed by atoms with Gasteiger partial charge in [0.15, 0.2) is 0 Å². The normalized spacial score (nSPS) is 25.3. The topological polar surface area (TPSA) is 194 Å². The van der Waals surface area contributed by atoms with Crippen LogP contribution in [0, 0.1) is 6.92 Å². The SMILES string of the molecule is Cc1cc(O)c(C(=O)c2c(O)cccc2C(=O)O)c(O[C@@H]2O[C@H](CO)[C@@H](O)[C@H](O)[C@H]2O)c1. The highest BCUT2D eigenvalue weighted by Crippen LogP contribution is 2.36. The van der Waals surface area contributed by atoms with Crippen LogP contribution < -0.4 is 4.74 Å². The third kappa shape index (κ3) is 4.24. The Morgan fingerprint density at radius 2 is 1.69 bits per heavy atom. The van der Waals surface area contributed by atoms with Crippen LogP contribution in [0.5, 0.6) is 17.2 Å². The van der Waals surface area contributed by atoms with Crippen molar-refractivity contribution in [2.24, 2.45) is 0 Å². The summed E-state index contributed by atoms with van der Waals surface area (Å²) >= 11 is 0. The Labute approximate surface area is 181 Å². The van der Waals surface area contributed by atoms with Gasteiger partial charge in [-0.05, 0) is 36.8 Å². The number of carbonyl (C=O) groups is 2. The Kier molecular flexibility index (Phi) is 6.67. The molecule has 1 saturated heterocycles.